The molecule has 4 nitrogen and oxygen atoms in total. The van der Waals surface area contributed by atoms with Gasteiger partial charge in [-0.1, -0.05) is 23.9 Å². The van der Waals surface area contributed by atoms with Crippen LogP contribution >= 0.6 is 11.8 Å². The number of rotatable bonds is 2. The summed E-state index contributed by atoms with van der Waals surface area (Å²) in [6.45, 7) is 0. The van der Waals surface area contributed by atoms with Crippen molar-refractivity contribution in [3.63, 3.8) is 0 Å². The number of para-hydroxylation sites is 1. The Bertz CT molecular complexity index is 870. The standard InChI is InChI=1S/C21H22N2O2S/c1-22-14-7-8-15(22)12-16(11-14)23-17-4-2-3-5-19(17)26-20-10-13(21(24)25)6-9-18(20)23/h2-6,9-10,14-16H,7-8,11-12H2,1H3,(H,24,25). The van der Waals surface area contributed by atoms with Crippen LogP contribution in [-0.4, -0.2) is 41.1 Å². The molecule has 3 heterocycles. The van der Waals surface area contributed by atoms with Crippen molar-refractivity contribution in [1.29, 1.82) is 0 Å². The van der Waals surface area contributed by atoms with Gasteiger partial charge in [-0.2, -0.15) is 0 Å². The highest BCUT2D eigenvalue weighted by atomic mass is 32.2. The Morgan fingerprint density at radius 3 is 2.42 bits per heavy atom. The quantitative estimate of drug-likeness (QED) is 0.841. The molecule has 3 aliphatic rings. The fourth-order valence-corrected chi connectivity index (χ4v) is 6.02. The van der Waals surface area contributed by atoms with Crippen LogP contribution in [0.15, 0.2) is 52.3 Å². The first-order chi connectivity index (χ1) is 12.6. The van der Waals surface area contributed by atoms with Gasteiger partial charge in [0.05, 0.1) is 16.9 Å². The molecule has 0 aromatic heterocycles. The van der Waals surface area contributed by atoms with Gasteiger partial charge in [0.15, 0.2) is 0 Å². The van der Waals surface area contributed by atoms with Crippen LogP contribution in [0, 0.1) is 0 Å². The highest BCUT2D eigenvalue weighted by molar-refractivity contribution is 7.99. The van der Waals surface area contributed by atoms with Crippen LogP contribution in [0.4, 0.5) is 11.4 Å². The summed E-state index contributed by atoms with van der Waals surface area (Å²) in [5.41, 5.74) is 2.79. The number of carbonyl (C=O) groups is 1. The van der Waals surface area contributed by atoms with Crippen molar-refractivity contribution in [3.8, 4) is 0 Å². The number of nitrogens with zero attached hydrogens (tertiary/aromatic N) is 2. The topological polar surface area (TPSA) is 43.8 Å². The molecule has 0 amide bonds. The minimum Gasteiger partial charge on any atom is -0.478 e. The summed E-state index contributed by atoms with van der Waals surface area (Å²) in [5, 5.41) is 9.37. The lowest BCUT2D eigenvalue weighted by Gasteiger charge is -2.45. The molecule has 0 radical (unpaired) electrons. The van der Waals surface area contributed by atoms with Crippen molar-refractivity contribution in [2.75, 3.05) is 11.9 Å². The molecule has 2 fully saturated rings. The third-order valence-electron chi connectivity index (χ3n) is 6.25. The lowest BCUT2D eigenvalue weighted by atomic mass is 9.95. The maximum Gasteiger partial charge on any atom is 0.335 e. The Balaban J connectivity index is 1.60. The average Bonchev–Trinajstić information content (AvgIpc) is 2.86. The second kappa shape index (κ2) is 6.03. The summed E-state index contributed by atoms with van der Waals surface area (Å²) < 4.78 is 0. The van der Waals surface area contributed by atoms with Crippen molar-refractivity contribution in [3.05, 3.63) is 48.0 Å². The minimum absolute atomic E-state index is 0.360. The summed E-state index contributed by atoms with van der Waals surface area (Å²) in [6, 6.07) is 15.9. The first-order valence-electron chi connectivity index (χ1n) is 9.27. The number of carboxylic acid groups (broad SMARTS) is 1. The molecule has 1 N–H and O–H groups in total. The van der Waals surface area contributed by atoms with Crippen LogP contribution in [0.5, 0.6) is 0 Å². The van der Waals surface area contributed by atoms with Crippen LogP contribution in [0.3, 0.4) is 0 Å². The molecule has 5 rings (SSSR count). The van der Waals surface area contributed by atoms with Gasteiger partial charge in [0.1, 0.15) is 0 Å². The molecule has 2 aromatic rings. The van der Waals surface area contributed by atoms with E-state index in [0.29, 0.717) is 23.7 Å². The summed E-state index contributed by atoms with van der Waals surface area (Å²) in [7, 11) is 2.27. The fraction of sp³-hybridized carbons (Fsp3) is 0.381. The van der Waals surface area contributed by atoms with E-state index in [1.54, 1.807) is 17.8 Å². The summed E-state index contributed by atoms with van der Waals surface area (Å²) >= 11 is 1.68. The van der Waals surface area contributed by atoms with Crippen LogP contribution in [0.2, 0.25) is 0 Å². The molecule has 2 bridgehead atoms. The predicted octanol–water partition coefficient (Wildman–Crippen LogP) is 4.61. The van der Waals surface area contributed by atoms with Crippen LogP contribution < -0.4 is 4.90 Å². The Morgan fingerprint density at radius 2 is 1.69 bits per heavy atom. The Hall–Kier alpha value is -1.98. The molecule has 0 saturated carbocycles. The van der Waals surface area contributed by atoms with Crippen LogP contribution in [0.25, 0.3) is 0 Å². The molecule has 5 heteroatoms. The number of aromatic carboxylic acids is 1. The van der Waals surface area contributed by atoms with Gasteiger partial charge in [-0.25, -0.2) is 4.79 Å². The summed E-state index contributed by atoms with van der Waals surface area (Å²) in [6.07, 6.45) is 4.94. The van der Waals surface area contributed by atoms with Gasteiger partial charge >= 0.3 is 5.97 Å². The van der Waals surface area contributed by atoms with Gasteiger partial charge in [0, 0.05) is 27.9 Å². The maximum atomic E-state index is 11.4. The highest BCUT2D eigenvalue weighted by Gasteiger charge is 2.42. The molecule has 2 atom stereocenters. The lowest BCUT2D eigenvalue weighted by Crippen LogP contribution is -2.48. The molecule has 26 heavy (non-hydrogen) atoms. The fourth-order valence-electron chi connectivity index (χ4n) is 4.91. The van der Waals surface area contributed by atoms with Gasteiger partial charge in [0.25, 0.3) is 0 Å². The smallest absolute Gasteiger partial charge is 0.335 e. The molecule has 134 valence electrons. The van der Waals surface area contributed by atoms with Gasteiger partial charge in [-0.05, 0) is 63.1 Å². The summed E-state index contributed by atoms with van der Waals surface area (Å²) in [5.74, 6) is -0.865. The molecule has 3 aliphatic heterocycles. The van der Waals surface area contributed by atoms with Gasteiger partial charge < -0.3 is 14.9 Å². The van der Waals surface area contributed by atoms with Crippen molar-refractivity contribution in [2.24, 2.45) is 0 Å². The van der Waals surface area contributed by atoms with E-state index in [4.69, 9.17) is 0 Å². The number of benzene rings is 2. The first-order valence-corrected chi connectivity index (χ1v) is 10.1. The zero-order valence-electron chi connectivity index (χ0n) is 14.8. The van der Waals surface area contributed by atoms with Crippen LogP contribution in [-0.2, 0) is 0 Å². The zero-order chi connectivity index (χ0) is 17.8. The number of hydrogen-bond donors (Lipinski definition) is 1. The van der Waals surface area contributed by atoms with Crippen molar-refractivity contribution in [2.45, 2.75) is 53.6 Å². The molecule has 2 unspecified atom stereocenters. The number of anilines is 2. The highest BCUT2D eigenvalue weighted by Crippen LogP contribution is 2.51. The number of carboxylic acids is 1. The van der Waals surface area contributed by atoms with Gasteiger partial charge in [-0.15, -0.1) is 0 Å². The van der Waals surface area contributed by atoms with E-state index in [2.05, 4.69) is 41.1 Å². The first kappa shape index (κ1) is 16.2. The normalized spacial score (nSPS) is 27.1. The van der Waals surface area contributed by atoms with Gasteiger partial charge in [-0.3, -0.25) is 0 Å². The zero-order valence-corrected chi connectivity index (χ0v) is 15.6. The van der Waals surface area contributed by atoms with E-state index in [1.807, 2.05) is 12.1 Å². The number of piperidine rings is 1. The molecular weight excluding hydrogens is 344 g/mol. The maximum absolute atomic E-state index is 11.4. The largest absolute Gasteiger partial charge is 0.478 e. The molecular formula is C21H22N2O2S. The van der Waals surface area contributed by atoms with Crippen molar-refractivity contribution < 1.29 is 9.90 Å². The Labute approximate surface area is 157 Å². The molecule has 2 aromatic carbocycles. The number of hydrogen-bond acceptors (Lipinski definition) is 4. The lowest BCUT2D eigenvalue weighted by molar-refractivity contribution is 0.0696. The predicted molar refractivity (Wildman–Crippen MR) is 104 cm³/mol. The van der Waals surface area contributed by atoms with E-state index in [-0.39, 0.29) is 0 Å². The van der Waals surface area contributed by atoms with E-state index in [9.17, 15) is 9.90 Å². The molecule has 0 aliphatic carbocycles. The SMILES string of the molecule is CN1C2CCC1CC(N1c3ccccc3Sc3cc(C(=O)O)ccc31)C2. The third-order valence-corrected chi connectivity index (χ3v) is 7.36. The van der Waals surface area contributed by atoms with E-state index in [0.717, 1.165) is 10.6 Å². The second-order valence-corrected chi connectivity index (χ2v) is 8.69. The molecule has 2 saturated heterocycles. The van der Waals surface area contributed by atoms with Crippen molar-refractivity contribution in [1.82, 2.24) is 4.90 Å². The summed E-state index contributed by atoms with van der Waals surface area (Å²) in [4.78, 5) is 18.7. The monoisotopic (exact) mass is 366 g/mol. The van der Waals surface area contributed by atoms with Crippen molar-refractivity contribution >= 4 is 29.1 Å². The Kier molecular flexibility index (Phi) is 3.76. The Morgan fingerprint density at radius 1 is 1.00 bits per heavy atom. The van der Waals surface area contributed by atoms with Crippen LogP contribution in [0.1, 0.15) is 36.0 Å². The molecule has 0 spiro atoms. The van der Waals surface area contributed by atoms with E-state index >= 15 is 0 Å². The average molecular weight is 366 g/mol. The third kappa shape index (κ3) is 2.45. The van der Waals surface area contributed by atoms with Gasteiger partial charge in [0.2, 0.25) is 0 Å². The second-order valence-electron chi connectivity index (χ2n) is 7.60. The minimum atomic E-state index is -0.865. The number of fused-ring (bicyclic) bond motifs is 4. The van der Waals surface area contributed by atoms with E-state index in [1.165, 1.54) is 36.3 Å². The van der Waals surface area contributed by atoms with E-state index < -0.39 is 5.97 Å².